The van der Waals surface area contributed by atoms with Crippen molar-refractivity contribution in [1.82, 2.24) is 0 Å². The summed E-state index contributed by atoms with van der Waals surface area (Å²) in [5, 5.41) is 4.70. The average molecular weight is 385 g/mol. The molecule has 0 radical (unpaired) electrons. The van der Waals surface area contributed by atoms with Crippen LogP contribution in [-0.4, -0.2) is 24.1 Å². The molecule has 0 unspecified atom stereocenters. The second-order valence-corrected chi connectivity index (χ2v) is 5.90. The lowest BCUT2D eigenvalue weighted by Gasteiger charge is -2.11. The zero-order valence-electron chi connectivity index (χ0n) is 13.3. The smallest absolute Gasteiger partial charge is 0.354 e. The Morgan fingerprint density at radius 1 is 1.36 bits per heavy atom. The van der Waals surface area contributed by atoms with E-state index in [0.29, 0.717) is 15.7 Å². The van der Waals surface area contributed by atoms with Crippen molar-refractivity contribution in [2.45, 2.75) is 19.8 Å². The van der Waals surface area contributed by atoms with Crippen molar-refractivity contribution in [3.63, 3.8) is 0 Å². The summed E-state index contributed by atoms with van der Waals surface area (Å²) in [5.41, 5.74) is 3.35. The van der Waals surface area contributed by atoms with E-state index < -0.39 is 11.8 Å². The Morgan fingerprint density at radius 3 is 2.76 bits per heavy atom. The summed E-state index contributed by atoms with van der Waals surface area (Å²) < 4.78 is 18.8. The predicted molar refractivity (Wildman–Crippen MR) is 95.7 cm³/mol. The van der Waals surface area contributed by atoms with Crippen LogP contribution in [0.1, 0.15) is 19.8 Å². The van der Waals surface area contributed by atoms with Crippen molar-refractivity contribution >= 4 is 46.4 Å². The minimum atomic E-state index is -0.680. The SMILES string of the molecule is CCOC(=O)C(CC1=CCC(=O)C=C1F)=NNc1ccc(Cl)c(Cl)c1. The molecule has 0 amide bonds. The third-order valence-electron chi connectivity index (χ3n) is 3.25. The highest BCUT2D eigenvalue weighted by molar-refractivity contribution is 6.42. The molecule has 0 bridgehead atoms. The number of allylic oxidation sites excluding steroid dienone is 4. The van der Waals surface area contributed by atoms with Crippen molar-refractivity contribution in [3.05, 3.63) is 51.8 Å². The normalized spacial score (nSPS) is 14.7. The lowest BCUT2D eigenvalue weighted by atomic mass is 10.00. The van der Waals surface area contributed by atoms with Gasteiger partial charge >= 0.3 is 5.97 Å². The number of benzene rings is 1. The molecule has 1 aromatic carbocycles. The molecule has 0 heterocycles. The molecule has 25 heavy (non-hydrogen) atoms. The maximum atomic E-state index is 13.9. The van der Waals surface area contributed by atoms with Gasteiger partial charge in [0, 0.05) is 18.9 Å². The summed E-state index contributed by atoms with van der Waals surface area (Å²) in [4.78, 5) is 23.2. The fourth-order valence-corrected chi connectivity index (χ4v) is 2.32. The molecule has 1 aliphatic carbocycles. The second kappa shape index (κ2) is 8.78. The Morgan fingerprint density at radius 2 is 2.12 bits per heavy atom. The molecule has 0 aromatic heterocycles. The van der Waals surface area contributed by atoms with Crippen LogP contribution in [0.15, 0.2) is 46.9 Å². The summed E-state index contributed by atoms with van der Waals surface area (Å²) in [6.45, 7) is 1.81. The first-order chi connectivity index (χ1) is 11.9. The largest absolute Gasteiger partial charge is 0.461 e. The fourth-order valence-electron chi connectivity index (χ4n) is 2.02. The summed E-state index contributed by atoms with van der Waals surface area (Å²) in [6.07, 6.45) is 2.32. The van der Waals surface area contributed by atoms with Gasteiger partial charge in [-0.2, -0.15) is 5.10 Å². The lowest BCUT2D eigenvalue weighted by molar-refractivity contribution is -0.135. The average Bonchev–Trinajstić information content (AvgIpc) is 2.56. The van der Waals surface area contributed by atoms with Crippen molar-refractivity contribution < 1.29 is 18.7 Å². The summed E-state index contributed by atoms with van der Waals surface area (Å²) in [7, 11) is 0. The van der Waals surface area contributed by atoms with Crippen molar-refractivity contribution in [2.24, 2.45) is 5.10 Å². The van der Waals surface area contributed by atoms with Gasteiger partial charge in [0.1, 0.15) is 11.5 Å². The summed E-state index contributed by atoms with van der Waals surface area (Å²) >= 11 is 11.8. The zero-order chi connectivity index (χ0) is 18.4. The van der Waals surface area contributed by atoms with Gasteiger partial charge in [-0.1, -0.05) is 29.3 Å². The first kappa shape index (κ1) is 19.1. The Hall–Kier alpha value is -2.18. The van der Waals surface area contributed by atoms with Crippen molar-refractivity contribution in [1.29, 1.82) is 0 Å². The molecule has 1 N–H and O–H groups in total. The summed E-state index contributed by atoms with van der Waals surface area (Å²) in [6, 6.07) is 4.73. The molecular formula is C17H15Cl2FN2O3. The predicted octanol–water partition coefficient (Wildman–Crippen LogP) is 4.47. The molecule has 0 spiro atoms. The van der Waals surface area contributed by atoms with Gasteiger partial charge < -0.3 is 4.74 Å². The van der Waals surface area contributed by atoms with E-state index in [1.807, 2.05) is 0 Å². The molecule has 0 aliphatic heterocycles. The van der Waals surface area contributed by atoms with Crippen LogP contribution >= 0.6 is 23.2 Å². The van der Waals surface area contributed by atoms with Crippen LogP contribution in [0.5, 0.6) is 0 Å². The summed E-state index contributed by atoms with van der Waals surface area (Å²) in [5.74, 6) is -1.69. The standard InChI is InChI=1S/C17H15Cl2FN2O3/c1-2-25-17(24)16(7-10-3-5-12(23)9-15(10)20)22-21-11-4-6-13(18)14(19)8-11/h3-4,6,8-9,21H,2,5,7H2,1H3. The number of nitrogens with zero attached hydrogens (tertiary/aromatic N) is 1. The van der Waals surface area contributed by atoms with Crippen molar-refractivity contribution in [2.75, 3.05) is 12.0 Å². The topological polar surface area (TPSA) is 67.8 Å². The number of hydrogen-bond donors (Lipinski definition) is 1. The number of ketones is 1. The minimum Gasteiger partial charge on any atom is -0.461 e. The van der Waals surface area contributed by atoms with E-state index in [9.17, 15) is 14.0 Å². The number of esters is 1. The molecule has 0 saturated heterocycles. The van der Waals surface area contributed by atoms with E-state index in [0.717, 1.165) is 6.08 Å². The van der Waals surface area contributed by atoms with E-state index in [2.05, 4.69) is 10.5 Å². The van der Waals surface area contributed by atoms with Gasteiger partial charge in [-0.25, -0.2) is 9.18 Å². The second-order valence-electron chi connectivity index (χ2n) is 5.09. The molecule has 0 saturated carbocycles. The molecule has 5 nitrogen and oxygen atoms in total. The van der Waals surface area contributed by atoms with Gasteiger partial charge in [0.25, 0.3) is 0 Å². The van der Waals surface area contributed by atoms with Crippen LogP contribution in [0.4, 0.5) is 10.1 Å². The van der Waals surface area contributed by atoms with E-state index in [1.54, 1.807) is 19.1 Å². The Kier molecular flexibility index (Phi) is 6.73. The first-order valence-electron chi connectivity index (χ1n) is 7.45. The molecule has 0 atom stereocenters. The third kappa shape index (κ3) is 5.41. The number of hydrazone groups is 1. The number of hydrogen-bond acceptors (Lipinski definition) is 5. The van der Waals surface area contributed by atoms with Crippen LogP contribution in [-0.2, 0) is 14.3 Å². The Labute approximate surface area is 154 Å². The highest BCUT2D eigenvalue weighted by Gasteiger charge is 2.20. The fraction of sp³-hybridized carbons (Fsp3) is 0.235. The molecule has 1 aliphatic rings. The molecule has 0 fully saturated rings. The minimum absolute atomic E-state index is 0.0305. The highest BCUT2D eigenvalue weighted by Crippen LogP contribution is 2.25. The third-order valence-corrected chi connectivity index (χ3v) is 3.99. The number of anilines is 1. The maximum absolute atomic E-state index is 13.9. The van der Waals surface area contributed by atoms with Crippen LogP contribution in [0.3, 0.4) is 0 Å². The van der Waals surface area contributed by atoms with E-state index in [4.69, 9.17) is 27.9 Å². The molecule has 8 heteroatoms. The van der Waals surface area contributed by atoms with Gasteiger partial charge in [0.15, 0.2) is 5.78 Å². The lowest BCUT2D eigenvalue weighted by Crippen LogP contribution is -2.20. The quantitative estimate of drug-likeness (QED) is 0.446. The molecule has 132 valence electrons. The molecule has 2 rings (SSSR count). The van der Waals surface area contributed by atoms with E-state index in [1.165, 1.54) is 12.1 Å². The first-order valence-corrected chi connectivity index (χ1v) is 8.20. The number of halogens is 3. The number of carbonyl (C=O) groups is 2. The van der Waals surface area contributed by atoms with Crippen LogP contribution in [0.2, 0.25) is 10.0 Å². The number of carbonyl (C=O) groups excluding carboxylic acids is 2. The van der Waals surface area contributed by atoms with Gasteiger partial charge in [-0.3, -0.25) is 10.2 Å². The maximum Gasteiger partial charge on any atom is 0.354 e. The van der Waals surface area contributed by atoms with Gasteiger partial charge in [0.05, 0.1) is 22.3 Å². The Bertz CT molecular complexity index is 788. The monoisotopic (exact) mass is 384 g/mol. The van der Waals surface area contributed by atoms with Crippen LogP contribution < -0.4 is 5.43 Å². The van der Waals surface area contributed by atoms with Gasteiger partial charge in [-0.15, -0.1) is 0 Å². The zero-order valence-corrected chi connectivity index (χ0v) is 14.8. The number of nitrogens with one attached hydrogen (secondary N) is 1. The van der Waals surface area contributed by atoms with Crippen LogP contribution in [0, 0.1) is 0 Å². The van der Waals surface area contributed by atoms with Crippen LogP contribution in [0.25, 0.3) is 0 Å². The number of rotatable bonds is 6. The molecular weight excluding hydrogens is 370 g/mol. The van der Waals surface area contributed by atoms with Crippen molar-refractivity contribution in [3.8, 4) is 0 Å². The Balaban J connectivity index is 2.20. The van der Waals surface area contributed by atoms with Gasteiger partial charge in [-0.05, 0) is 30.7 Å². The van der Waals surface area contributed by atoms with E-state index in [-0.39, 0.29) is 36.5 Å². The van der Waals surface area contributed by atoms with E-state index >= 15 is 0 Å². The van der Waals surface area contributed by atoms with Gasteiger partial charge in [0.2, 0.25) is 0 Å². The number of ether oxygens (including phenoxy) is 1. The molecule has 1 aromatic rings. The highest BCUT2D eigenvalue weighted by atomic mass is 35.5.